The number of carbonyl (C=O) groups is 2. The van der Waals surface area contributed by atoms with Crippen LogP contribution in [0.25, 0.3) is 0 Å². The molecule has 2 aromatic rings. The van der Waals surface area contributed by atoms with Crippen LogP contribution < -0.4 is 15.0 Å². The van der Waals surface area contributed by atoms with E-state index in [2.05, 4.69) is 24.8 Å². The topological polar surface area (TPSA) is 93.6 Å². The maximum Gasteiger partial charge on any atom is 0.573 e. The van der Waals surface area contributed by atoms with E-state index in [0.29, 0.717) is 4.90 Å². The van der Waals surface area contributed by atoms with Crippen molar-refractivity contribution in [2.45, 2.75) is 68.6 Å². The zero-order chi connectivity index (χ0) is 29.0. The van der Waals surface area contributed by atoms with Crippen molar-refractivity contribution in [2.24, 2.45) is 0 Å². The molecule has 1 heterocycles. The van der Waals surface area contributed by atoms with E-state index >= 15 is 0 Å². The summed E-state index contributed by atoms with van der Waals surface area (Å²) in [6.07, 6.45) is -7.27. The van der Waals surface area contributed by atoms with Gasteiger partial charge in [0.2, 0.25) is 0 Å². The molecule has 1 saturated carbocycles. The molecule has 0 spiro atoms. The first kappa shape index (κ1) is 30.3. The van der Waals surface area contributed by atoms with Crippen molar-refractivity contribution in [2.75, 3.05) is 4.90 Å². The van der Waals surface area contributed by atoms with Crippen molar-refractivity contribution in [3.8, 4) is 5.75 Å². The number of aromatic nitrogens is 2. The largest absolute Gasteiger partial charge is 0.573 e. The standard InChI is InChI=1S/C23H22ClF7N4O4/c1-21(13-10-32-12-33-11-13,20(37)34-14-2-6-16(7-3-14)38-22(26,27)28)35(19(36)18(24)25)15-4-8-17(9-5-15)39-23(29,30)31/h4-5,8-12,14,16,18H,2-3,6-7H2,1H3,(H,34,37)/t14-,16-,18-,21-/m0/s1. The maximum atomic E-state index is 14.2. The number of alkyl halides is 8. The first-order valence-electron chi connectivity index (χ1n) is 11.4. The summed E-state index contributed by atoms with van der Waals surface area (Å²) in [5.41, 5.74) is -5.01. The van der Waals surface area contributed by atoms with Crippen LogP contribution in [0.15, 0.2) is 43.0 Å². The second kappa shape index (κ2) is 11.9. The second-order valence-electron chi connectivity index (χ2n) is 8.73. The smallest absolute Gasteiger partial charge is 0.406 e. The molecular weight excluding hydrogens is 565 g/mol. The highest BCUT2D eigenvalue weighted by Gasteiger charge is 2.48. The average Bonchev–Trinajstić information content (AvgIpc) is 2.84. The number of halogens is 8. The number of ether oxygens (including phenoxy) is 2. The molecule has 2 amide bonds. The minimum Gasteiger partial charge on any atom is -0.406 e. The van der Waals surface area contributed by atoms with Crippen molar-refractivity contribution in [1.29, 1.82) is 0 Å². The lowest BCUT2D eigenvalue weighted by molar-refractivity contribution is -0.345. The maximum absolute atomic E-state index is 14.2. The molecule has 1 aromatic heterocycles. The minimum atomic E-state index is -5.00. The van der Waals surface area contributed by atoms with Crippen LogP contribution in [0.4, 0.5) is 36.4 Å². The third kappa shape index (κ3) is 7.91. The van der Waals surface area contributed by atoms with E-state index in [1.807, 2.05) is 0 Å². The fraction of sp³-hybridized carbons (Fsp3) is 0.478. The van der Waals surface area contributed by atoms with E-state index < -0.39 is 53.6 Å². The van der Waals surface area contributed by atoms with Crippen LogP contribution in [0.2, 0.25) is 0 Å². The lowest BCUT2D eigenvalue weighted by Gasteiger charge is -2.41. The molecule has 2 atom stereocenters. The van der Waals surface area contributed by atoms with Gasteiger partial charge in [-0.3, -0.25) is 19.2 Å². The molecule has 16 heteroatoms. The van der Waals surface area contributed by atoms with Crippen LogP contribution in [0, 0.1) is 0 Å². The summed E-state index contributed by atoms with van der Waals surface area (Å²) in [5.74, 6) is -2.96. The Bertz CT molecular complexity index is 1130. The van der Waals surface area contributed by atoms with Gasteiger partial charge in [0.05, 0.1) is 6.10 Å². The Balaban J connectivity index is 1.95. The Hall–Kier alpha value is -3.20. The van der Waals surface area contributed by atoms with E-state index in [-0.39, 0.29) is 36.9 Å². The second-order valence-corrected chi connectivity index (χ2v) is 9.11. The Morgan fingerprint density at radius 3 is 2.05 bits per heavy atom. The Kier molecular flexibility index (Phi) is 9.26. The molecule has 214 valence electrons. The molecule has 0 aliphatic heterocycles. The number of nitrogens with one attached hydrogen (secondary N) is 1. The third-order valence-corrected chi connectivity index (χ3v) is 6.24. The number of amides is 2. The Morgan fingerprint density at radius 1 is 1.00 bits per heavy atom. The normalized spacial score (nSPS) is 20.4. The summed E-state index contributed by atoms with van der Waals surface area (Å²) in [7, 11) is 0. The van der Waals surface area contributed by atoms with Crippen LogP contribution in [-0.4, -0.2) is 52.3 Å². The number of anilines is 1. The lowest BCUT2D eigenvalue weighted by atomic mass is 9.87. The van der Waals surface area contributed by atoms with Crippen molar-refractivity contribution >= 4 is 29.1 Å². The molecule has 0 bridgehead atoms. The van der Waals surface area contributed by atoms with Gasteiger partial charge in [-0.05, 0) is 56.9 Å². The minimum absolute atomic E-state index is 0.0159. The highest BCUT2D eigenvalue weighted by Crippen LogP contribution is 2.37. The van der Waals surface area contributed by atoms with Crippen molar-refractivity contribution in [1.82, 2.24) is 15.3 Å². The number of carbonyl (C=O) groups excluding carboxylic acids is 2. The number of hydrogen-bond acceptors (Lipinski definition) is 6. The van der Waals surface area contributed by atoms with Crippen LogP contribution in [0.5, 0.6) is 5.75 Å². The number of hydrogen-bond donors (Lipinski definition) is 1. The number of rotatable bonds is 8. The highest BCUT2D eigenvalue weighted by atomic mass is 35.5. The van der Waals surface area contributed by atoms with Crippen LogP contribution >= 0.6 is 11.6 Å². The van der Waals surface area contributed by atoms with Crippen LogP contribution in [0.3, 0.4) is 0 Å². The van der Waals surface area contributed by atoms with Gasteiger partial charge in [-0.1, -0.05) is 11.6 Å². The zero-order valence-electron chi connectivity index (χ0n) is 20.1. The summed E-state index contributed by atoms with van der Waals surface area (Å²) in [6, 6.07) is 3.06. The summed E-state index contributed by atoms with van der Waals surface area (Å²) >= 11 is 5.45. The number of nitrogens with zero attached hydrogens (tertiary/aromatic N) is 3. The first-order valence-corrected chi connectivity index (χ1v) is 11.8. The quantitative estimate of drug-likeness (QED) is 0.341. The summed E-state index contributed by atoms with van der Waals surface area (Å²) < 4.78 is 97.5. The van der Waals surface area contributed by atoms with E-state index in [9.17, 15) is 40.3 Å². The van der Waals surface area contributed by atoms with Gasteiger partial charge >= 0.3 is 12.7 Å². The summed E-state index contributed by atoms with van der Waals surface area (Å²) in [6.45, 7) is 1.22. The summed E-state index contributed by atoms with van der Waals surface area (Å²) in [4.78, 5) is 35.1. The van der Waals surface area contributed by atoms with E-state index in [1.54, 1.807) is 0 Å². The van der Waals surface area contributed by atoms with Gasteiger partial charge in [0.25, 0.3) is 17.4 Å². The molecule has 1 fully saturated rings. The molecule has 1 aliphatic carbocycles. The van der Waals surface area contributed by atoms with Gasteiger partial charge in [-0.25, -0.2) is 14.4 Å². The number of benzene rings is 1. The summed E-state index contributed by atoms with van der Waals surface area (Å²) in [5, 5.41) is 2.66. The van der Waals surface area contributed by atoms with E-state index in [1.165, 1.54) is 19.3 Å². The monoisotopic (exact) mass is 586 g/mol. The van der Waals surface area contributed by atoms with Crippen LogP contribution in [-0.2, 0) is 19.9 Å². The predicted molar refractivity (Wildman–Crippen MR) is 122 cm³/mol. The lowest BCUT2D eigenvalue weighted by Crippen LogP contribution is -2.60. The predicted octanol–water partition coefficient (Wildman–Crippen LogP) is 5.12. The van der Waals surface area contributed by atoms with Crippen molar-refractivity contribution in [3.63, 3.8) is 0 Å². The van der Waals surface area contributed by atoms with Gasteiger partial charge in [0.1, 0.15) is 12.1 Å². The Labute approximate surface area is 222 Å². The van der Waals surface area contributed by atoms with Gasteiger partial charge in [0.15, 0.2) is 5.54 Å². The van der Waals surface area contributed by atoms with Gasteiger partial charge in [0, 0.05) is 29.7 Å². The first-order chi connectivity index (χ1) is 18.1. The van der Waals surface area contributed by atoms with Gasteiger partial charge in [-0.2, -0.15) is 0 Å². The zero-order valence-corrected chi connectivity index (χ0v) is 20.9. The molecule has 3 rings (SSSR count). The molecule has 8 nitrogen and oxygen atoms in total. The van der Waals surface area contributed by atoms with Gasteiger partial charge in [-0.15, -0.1) is 26.3 Å². The molecule has 0 saturated heterocycles. The van der Waals surface area contributed by atoms with Crippen molar-refractivity contribution in [3.05, 3.63) is 48.5 Å². The fourth-order valence-corrected chi connectivity index (χ4v) is 4.35. The molecule has 0 unspecified atom stereocenters. The average molecular weight is 587 g/mol. The molecule has 1 N–H and O–H groups in total. The molecule has 39 heavy (non-hydrogen) atoms. The molecule has 1 aromatic carbocycles. The Morgan fingerprint density at radius 2 is 1.56 bits per heavy atom. The highest BCUT2D eigenvalue weighted by molar-refractivity contribution is 6.32. The van der Waals surface area contributed by atoms with E-state index in [4.69, 9.17) is 11.6 Å². The van der Waals surface area contributed by atoms with Gasteiger partial charge < -0.3 is 10.1 Å². The molecule has 1 aliphatic rings. The molecular formula is C23H22ClF7N4O4. The van der Waals surface area contributed by atoms with Crippen LogP contribution in [0.1, 0.15) is 38.2 Å². The SMILES string of the molecule is C[C@@](C(=O)N[C@H]1CC[C@H](OC(F)(F)F)CC1)(c1cncnc1)N(C(=O)[C@H](F)Cl)c1ccc(OC(F)(F)F)cc1. The molecule has 0 radical (unpaired) electrons. The van der Waals surface area contributed by atoms with Crippen molar-refractivity contribution < 1.29 is 49.8 Å². The van der Waals surface area contributed by atoms with E-state index in [0.717, 1.165) is 30.6 Å². The fourth-order valence-electron chi connectivity index (χ4n) is 4.25. The third-order valence-electron chi connectivity index (χ3n) is 6.06.